The Morgan fingerprint density at radius 1 is 0.458 bits per heavy atom. The summed E-state index contributed by atoms with van der Waals surface area (Å²) < 4.78 is 19.5. The summed E-state index contributed by atoms with van der Waals surface area (Å²) in [7, 11) is 0. The summed E-state index contributed by atoms with van der Waals surface area (Å²) in [4.78, 5) is 0. The molecule has 3 aliphatic heterocycles. The van der Waals surface area contributed by atoms with Gasteiger partial charge in [0.2, 0.25) is 0 Å². The van der Waals surface area contributed by atoms with Crippen molar-refractivity contribution in [2.45, 2.75) is 114 Å². The fourth-order valence-corrected chi connectivity index (χ4v) is 11.1. The smallest absolute Gasteiger partial charge is 0.157 e. The number of aliphatic hydroxyl groups excluding tert-OH is 4. The molecule has 8 atom stereocenters. The third kappa shape index (κ3) is 8.19. The Labute approximate surface area is 413 Å². The van der Waals surface area contributed by atoms with E-state index in [1.54, 1.807) is 27.7 Å². The van der Waals surface area contributed by atoms with Gasteiger partial charge in [0.25, 0.3) is 0 Å². The standard InChI is InChI=1S/C52H52O18.C2H6/c1-51(2,40-23(19-53)14-29(58)25-17-36(65)46(69-49(25)40)20-5-8-26(55)30(59)11-20)43-39-34(63)18-35(64)41(50(39)70-48(45(43)67)22-7-10-28(57)32(61)13-22)52(3,4)42-38-33(62)15-24(54)16-37(38)68-47(44(42)66)21-6-9-27(56)31(60)12-21;1-2/h5-16,18,36,42-48,53-67H,17,19H2,1-4H3;1-2H3. The molecule has 0 amide bonds. The summed E-state index contributed by atoms with van der Waals surface area (Å²) in [6.07, 6.45) is -9.00. The Morgan fingerprint density at radius 3 is 1.43 bits per heavy atom. The van der Waals surface area contributed by atoms with Crippen LogP contribution in [0.1, 0.15) is 122 Å². The molecule has 18 heteroatoms. The van der Waals surface area contributed by atoms with Gasteiger partial charge in [0, 0.05) is 75.1 Å². The van der Waals surface area contributed by atoms with Crippen molar-refractivity contribution in [3.8, 4) is 80.5 Å². The number of benzene rings is 6. The highest BCUT2D eigenvalue weighted by Gasteiger charge is 2.55. The van der Waals surface area contributed by atoms with Crippen LogP contribution in [-0.4, -0.2) is 94.9 Å². The van der Waals surface area contributed by atoms with Gasteiger partial charge in [-0.2, -0.15) is 0 Å². The molecular formula is C54H58O18. The van der Waals surface area contributed by atoms with Crippen molar-refractivity contribution in [3.63, 3.8) is 0 Å². The van der Waals surface area contributed by atoms with Crippen molar-refractivity contribution >= 4 is 0 Å². The lowest BCUT2D eigenvalue weighted by Crippen LogP contribution is -2.46. The topological polar surface area (TPSA) is 331 Å². The Kier molecular flexibility index (Phi) is 13.0. The van der Waals surface area contributed by atoms with E-state index in [0.29, 0.717) is 0 Å². The summed E-state index contributed by atoms with van der Waals surface area (Å²) in [5, 5.41) is 168. The quantitative estimate of drug-likeness (QED) is 0.0675. The molecule has 0 fully saturated rings. The van der Waals surface area contributed by atoms with Gasteiger partial charge >= 0.3 is 0 Å². The van der Waals surface area contributed by atoms with Crippen molar-refractivity contribution in [1.82, 2.24) is 0 Å². The molecule has 0 radical (unpaired) electrons. The minimum absolute atomic E-state index is 0.0253. The van der Waals surface area contributed by atoms with Gasteiger partial charge in [-0.05, 0) is 64.7 Å². The number of phenolic OH excluding ortho intramolecular Hbond substituents is 11. The second-order valence-corrected chi connectivity index (χ2v) is 19.3. The maximum atomic E-state index is 12.9. The van der Waals surface area contributed by atoms with E-state index in [-0.39, 0.29) is 79.5 Å². The molecule has 6 aromatic carbocycles. The number of aromatic hydroxyl groups is 11. The Bertz CT molecular complexity index is 3070. The van der Waals surface area contributed by atoms with Gasteiger partial charge in [0.05, 0.1) is 12.7 Å². The zero-order chi connectivity index (χ0) is 52.6. The van der Waals surface area contributed by atoms with Crippen LogP contribution in [-0.2, 0) is 23.9 Å². The first-order valence-electron chi connectivity index (χ1n) is 23.2. The fraction of sp³-hybridized carbons (Fsp3) is 0.333. The van der Waals surface area contributed by atoms with Gasteiger partial charge in [-0.15, -0.1) is 0 Å². The van der Waals surface area contributed by atoms with Gasteiger partial charge in [0.15, 0.2) is 46.7 Å². The van der Waals surface area contributed by atoms with Crippen molar-refractivity contribution in [3.05, 3.63) is 129 Å². The number of fused-ring (bicyclic) bond motifs is 3. The van der Waals surface area contributed by atoms with E-state index < -0.39 is 123 Å². The molecule has 18 nitrogen and oxygen atoms in total. The highest BCUT2D eigenvalue weighted by molar-refractivity contribution is 5.67. The molecule has 6 aromatic rings. The van der Waals surface area contributed by atoms with E-state index in [1.165, 1.54) is 54.6 Å². The highest BCUT2D eigenvalue weighted by Crippen LogP contribution is 2.64. The second kappa shape index (κ2) is 18.5. The zero-order valence-electron chi connectivity index (χ0n) is 40.0. The third-order valence-electron chi connectivity index (χ3n) is 14.3. The average Bonchev–Trinajstić information content (AvgIpc) is 3.32. The maximum absolute atomic E-state index is 12.9. The van der Waals surface area contributed by atoms with Crippen LogP contribution in [0.5, 0.6) is 80.5 Å². The summed E-state index contributed by atoms with van der Waals surface area (Å²) >= 11 is 0. The normalized spacial score (nSPS) is 22.4. The maximum Gasteiger partial charge on any atom is 0.157 e. The molecule has 72 heavy (non-hydrogen) atoms. The monoisotopic (exact) mass is 994 g/mol. The number of aliphatic hydroxyl groups is 4. The minimum atomic E-state index is -1.72. The minimum Gasteiger partial charge on any atom is -0.508 e. The Hall–Kier alpha value is -7.64. The molecule has 8 unspecified atom stereocenters. The molecule has 0 aliphatic carbocycles. The number of hydrogen-bond donors (Lipinski definition) is 15. The van der Waals surface area contributed by atoms with Crippen molar-refractivity contribution in [2.75, 3.05) is 0 Å². The molecule has 9 rings (SSSR count). The number of rotatable bonds is 8. The molecule has 0 saturated carbocycles. The van der Waals surface area contributed by atoms with Crippen molar-refractivity contribution in [1.29, 1.82) is 0 Å². The summed E-state index contributed by atoms with van der Waals surface area (Å²) in [6.45, 7) is 9.78. The highest BCUT2D eigenvalue weighted by atomic mass is 16.5. The SMILES string of the molecule is CC.CC(C)(c1c(O)cc(O)c2c1OC(c1ccc(O)c(O)c1)C(O)C2C(C)(C)c1c(CO)cc(O)c2c1OC(c1ccc(O)c(O)c1)C(O)C2)C1c2c(O)cc(O)cc2OC(c2ccc(O)c(O)c2)C1O. The van der Waals surface area contributed by atoms with E-state index in [1.807, 2.05) is 13.8 Å². The van der Waals surface area contributed by atoms with Crippen LogP contribution in [0.15, 0.2) is 78.9 Å². The van der Waals surface area contributed by atoms with Gasteiger partial charge in [0.1, 0.15) is 64.3 Å². The largest absolute Gasteiger partial charge is 0.508 e. The van der Waals surface area contributed by atoms with Crippen LogP contribution < -0.4 is 14.2 Å². The van der Waals surface area contributed by atoms with Gasteiger partial charge in [-0.3, -0.25) is 0 Å². The zero-order valence-corrected chi connectivity index (χ0v) is 40.0. The summed E-state index contributed by atoms with van der Waals surface area (Å²) in [6, 6.07) is 15.8. The van der Waals surface area contributed by atoms with Gasteiger partial charge in [-0.25, -0.2) is 0 Å². The van der Waals surface area contributed by atoms with Crippen LogP contribution in [0.25, 0.3) is 0 Å². The molecule has 0 spiro atoms. The van der Waals surface area contributed by atoms with E-state index in [2.05, 4.69) is 0 Å². The predicted molar refractivity (Wildman–Crippen MR) is 258 cm³/mol. The van der Waals surface area contributed by atoms with Crippen LogP contribution in [0.2, 0.25) is 0 Å². The van der Waals surface area contributed by atoms with Crippen LogP contribution >= 0.6 is 0 Å². The second-order valence-electron chi connectivity index (χ2n) is 19.3. The van der Waals surface area contributed by atoms with E-state index in [0.717, 1.165) is 24.3 Å². The molecule has 3 aliphatic rings. The first-order valence-corrected chi connectivity index (χ1v) is 23.2. The number of phenols is 11. The molecule has 15 N–H and O–H groups in total. The lowest BCUT2D eigenvalue weighted by Gasteiger charge is -2.49. The summed E-state index contributed by atoms with van der Waals surface area (Å²) in [5.74, 6) is -8.56. The Balaban J connectivity index is 0.00000342. The van der Waals surface area contributed by atoms with Gasteiger partial charge in [-0.1, -0.05) is 59.7 Å². The third-order valence-corrected chi connectivity index (χ3v) is 14.3. The lowest BCUT2D eigenvalue weighted by atomic mass is 9.61. The molecule has 0 bridgehead atoms. The van der Waals surface area contributed by atoms with Crippen LogP contribution in [0.3, 0.4) is 0 Å². The lowest BCUT2D eigenvalue weighted by molar-refractivity contribution is -0.0273. The molecular weight excluding hydrogens is 937 g/mol. The van der Waals surface area contributed by atoms with Crippen molar-refractivity contribution < 1.29 is 90.8 Å². The number of hydrogen-bond acceptors (Lipinski definition) is 18. The molecule has 3 heterocycles. The molecule has 0 saturated heterocycles. The van der Waals surface area contributed by atoms with Gasteiger partial charge < -0.3 is 90.8 Å². The first kappa shape index (κ1) is 50.7. The first-order chi connectivity index (χ1) is 34.0. The van der Waals surface area contributed by atoms with E-state index in [4.69, 9.17) is 14.2 Å². The van der Waals surface area contributed by atoms with Crippen LogP contribution in [0.4, 0.5) is 0 Å². The van der Waals surface area contributed by atoms with E-state index in [9.17, 15) is 76.6 Å². The predicted octanol–water partition coefficient (Wildman–Crippen LogP) is 7.12. The fourth-order valence-electron chi connectivity index (χ4n) is 11.1. The number of ether oxygens (including phenoxy) is 3. The molecule has 0 aromatic heterocycles. The van der Waals surface area contributed by atoms with E-state index >= 15 is 0 Å². The Morgan fingerprint density at radius 2 is 0.917 bits per heavy atom. The average molecular weight is 995 g/mol. The van der Waals surface area contributed by atoms with Crippen LogP contribution in [0, 0.1) is 0 Å². The summed E-state index contributed by atoms with van der Waals surface area (Å²) in [5.41, 5.74) is -2.58. The van der Waals surface area contributed by atoms with Crippen molar-refractivity contribution in [2.24, 2.45) is 0 Å². The molecule has 382 valence electrons.